The van der Waals surface area contributed by atoms with Crippen molar-refractivity contribution in [2.24, 2.45) is 5.73 Å². The molecule has 0 saturated carbocycles. The molecule has 0 bridgehead atoms. The summed E-state index contributed by atoms with van der Waals surface area (Å²) < 4.78 is 38.6. The van der Waals surface area contributed by atoms with E-state index >= 15 is 0 Å². The topological polar surface area (TPSA) is 42.2 Å². The third-order valence-electron chi connectivity index (χ3n) is 3.33. The SMILES string of the molecule is CCCCN(CCCC)c1nc(C(F)(F)F)ccc1CN. The normalized spacial score (nSPS) is 11.7. The summed E-state index contributed by atoms with van der Waals surface area (Å²) in [6.07, 6.45) is -0.612. The highest BCUT2D eigenvalue weighted by Crippen LogP contribution is 2.30. The van der Waals surface area contributed by atoms with E-state index in [1.165, 1.54) is 6.07 Å². The number of pyridine rings is 1. The zero-order chi connectivity index (χ0) is 15.9. The van der Waals surface area contributed by atoms with Gasteiger partial charge in [0, 0.05) is 25.2 Å². The minimum absolute atomic E-state index is 0.190. The van der Waals surface area contributed by atoms with E-state index in [-0.39, 0.29) is 6.54 Å². The van der Waals surface area contributed by atoms with Gasteiger partial charge >= 0.3 is 6.18 Å². The fourth-order valence-corrected chi connectivity index (χ4v) is 2.09. The fraction of sp³-hybridized carbons (Fsp3) is 0.667. The maximum Gasteiger partial charge on any atom is 0.433 e. The Hall–Kier alpha value is -1.30. The zero-order valence-electron chi connectivity index (χ0n) is 12.7. The van der Waals surface area contributed by atoms with E-state index in [0.717, 1.165) is 31.7 Å². The van der Waals surface area contributed by atoms with Crippen LogP contribution in [0.2, 0.25) is 0 Å². The molecule has 0 saturated heterocycles. The predicted octanol–water partition coefficient (Wildman–Crippen LogP) is 3.97. The van der Waals surface area contributed by atoms with Gasteiger partial charge in [-0.3, -0.25) is 0 Å². The average Bonchev–Trinajstić information content (AvgIpc) is 2.46. The first-order valence-electron chi connectivity index (χ1n) is 7.46. The summed E-state index contributed by atoms with van der Waals surface area (Å²) in [5.41, 5.74) is 5.47. The largest absolute Gasteiger partial charge is 0.433 e. The first kappa shape index (κ1) is 17.8. The van der Waals surface area contributed by atoms with Gasteiger partial charge in [0.15, 0.2) is 0 Å². The lowest BCUT2D eigenvalue weighted by Crippen LogP contribution is -2.29. The molecule has 0 aliphatic heterocycles. The molecule has 1 rings (SSSR count). The first-order valence-corrected chi connectivity index (χ1v) is 7.46. The van der Waals surface area contributed by atoms with Crippen LogP contribution in [-0.4, -0.2) is 18.1 Å². The molecule has 0 aromatic carbocycles. The average molecular weight is 303 g/mol. The molecule has 0 aliphatic rings. The Labute approximate surface area is 124 Å². The van der Waals surface area contributed by atoms with Crippen LogP contribution < -0.4 is 10.6 Å². The van der Waals surface area contributed by atoms with E-state index in [1.807, 2.05) is 4.90 Å². The lowest BCUT2D eigenvalue weighted by atomic mass is 10.2. The molecule has 0 aliphatic carbocycles. The van der Waals surface area contributed by atoms with Gasteiger partial charge in [0.05, 0.1) is 0 Å². The number of aromatic nitrogens is 1. The molecular formula is C15H24F3N3. The molecule has 6 heteroatoms. The van der Waals surface area contributed by atoms with Crippen LogP contribution >= 0.6 is 0 Å². The number of alkyl halides is 3. The van der Waals surface area contributed by atoms with Crippen molar-refractivity contribution in [2.75, 3.05) is 18.0 Å². The Morgan fingerprint density at radius 1 is 1.10 bits per heavy atom. The maximum atomic E-state index is 12.9. The second-order valence-electron chi connectivity index (χ2n) is 5.08. The molecule has 1 aromatic rings. The number of anilines is 1. The van der Waals surface area contributed by atoms with Gasteiger partial charge in [0.2, 0.25) is 0 Å². The Balaban J connectivity index is 3.12. The molecule has 0 radical (unpaired) electrons. The van der Waals surface area contributed by atoms with Crippen LogP contribution in [0, 0.1) is 0 Å². The van der Waals surface area contributed by atoms with Crippen molar-refractivity contribution in [1.29, 1.82) is 0 Å². The molecule has 3 nitrogen and oxygen atoms in total. The van der Waals surface area contributed by atoms with Gasteiger partial charge < -0.3 is 10.6 Å². The van der Waals surface area contributed by atoms with Crippen molar-refractivity contribution in [1.82, 2.24) is 4.98 Å². The van der Waals surface area contributed by atoms with E-state index in [2.05, 4.69) is 18.8 Å². The Kier molecular flexibility index (Phi) is 6.95. The minimum Gasteiger partial charge on any atom is -0.356 e. The van der Waals surface area contributed by atoms with Gasteiger partial charge in [0.1, 0.15) is 11.5 Å². The smallest absolute Gasteiger partial charge is 0.356 e. The molecule has 1 aromatic heterocycles. The Morgan fingerprint density at radius 3 is 2.10 bits per heavy atom. The monoisotopic (exact) mass is 303 g/mol. The van der Waals surface area contributed by atoms with Gasteiger partial charge in [-0.1, -0.05) is 32.8 Å². The van der Waals surface area contributed by atoms with E-state index < -0.39 is 11.9 Å². The second kappa shape index (κ2) is 8.22. The third-order valence-corrected chi connectivity index (χ3v) is 3.33. The van der Waals surface area contributed by atoms with Crippen LogP contribution in [0.25, 0.3) is 0 Å². The van der Waals surface area contributed by atoms with Gasteiger partial charge in [0.25, 0.3) is 0 Å². The van der Waals surface area contributed by atoms with E-state index in [4.69, 9.17) is 5.73 Å². The summed E-state index contributed by atoms with van der Waals surface area (Å²) >= 11 is 0. The number of nitrogens with zero attached hydrogens (tertiary/aromatic N) is 2. The fourth-order valence-electron chi connectivity index (χ4n) is 2.09. The van der Waals surface area contributed by atoms with Gasteiger partial charge in [-0.2, -0.15) is 13.2 Å². The highest BCUT2D eigenvalue weighted by molar-refractivity contribution is 5.48. The number of hydrogen-bond acceptors (Lipinski definition) is 3. The number of nitrogens with two attached hydrogens (primary N) is 1. The van der Waals surface area contributed by atoms with Crippen molar-refractivity contribution in [3.05, 3.63) is 23.4 Å². The Bertz CT molecular complexity index is 425. The quantitative estimate of drug-likeness (QED) is 0.790. The summed E-state index contributed by atoms with van der Waals surface area (Å²) in [6, 6.07) is 2.44. The summed E-state index contributed by atoms with van der Waals surface area (Å²) in [5.74, 6) is 0.384. The molecular weight excluding hydrogens is 279 g/mol. The molecule has 0 unspecified atom stereocenters. The number of halogens is 3. The first-order chi connectivity index (χ1) is 9.93. The van der Waals surface area contributed by atoms with Gasteiger partial charge in [-0.25, -0.2) is 4.98 Å². The molecule has 0 spiro atoms. The molecule has 0 atom stereocenters. The second-order valence-corrected chi connectivity index (χ2v) is 5.08. The van der Waals surface area contributed by atoms with Crippen molar-refractivity contribution in [2.45, 2.75) is 52.3 Å². The summed E-state index contributed by atoms with van der Waals surface area (Å²) in [7, 11) is 0. The van der Waals surface area contributed by atoms with E-state index in [0.29, 0.717) is 24.5 Å². The van der Waals surface area contributed by atoms with Crippen molar-refractivity contribution in [3.63, 3.8) is 0 Å². The van der Waals surface area contributed by atoms with Crippen LogP contribution in [0.5, 0.6) is 0 Å². The van der Waals surface area contributed by atoms with Crippen molar-refractivity contribution < 1.29 is 13.2 Å². The summed E-state index contributed by atoms with van der Waals surface area (Å²) in [6.45, 7) is 5.72. The lowest BCUT2D eigenvalue weighted by molar-refractivity contribution is -0.141. The van der Waals surface area contributed by atoms with Gasteiger partial charge in [-0.05, 0) is 18.9 Å². The van der Waals surface area contributed by atoms with Crippen molar-refractivity contribution >= 4 is 5.82 Å². The molecule has 21 heavy (non-hydrogen) atoms. The maximum absolute atomic E-state index is 12.9. The minimum atomic E-state index is -4.43. The van der Waals surface area contributed by atoms with Crippen LogP contribution in [0.3, 0.4) is 0 Å². The van der Waals surface area contributed by atoms with Crippen LogP contribution in [0.4, 0.5) is 19.0 Å². The predicted molar refractivity (Wildman–Crippen MR) is 79.2 cm³/mol. The molecule has 120 valence electrons. The summed E-state index contributed by atoms with van der Waals surface area (Å²) in [4.78, 5) is 5.78. The highest BCUT2D eigenvalue weighted by atomic mass is 19.4. The highest BCUT2D eigenvalue weighted by Gasteiger charge is 2.33. The number of rotatable bonds is 8. The standard InChI is InChI=1S/C15H24F3N3/c1-3-5-9-21(10-6-4-2)14-12(11-19)7-8-13(20-14)15(16,17)18/h7-8H,3-6,9-11,19H2,1-2H3. The zero-order valence-corrected chi connectivity index (χ0v) is 12.7. The molecule has 0 fully saturated rings. The molecule has 0 amide bonds. The van der Waals surface area contributed by atoms with Crippen LogP contribution in [0.15, 0.2) is 12.1 Å². The number of unbranched alkanes of at least 4 members (excludes halogenated alkanes) is 2. The summed E-state index contributed by atoms with van der Waals surface area (Å²) in [5, 5.41) is 0. The van der Waals surface area contributed by atoms with E-state index in [1.54, 1.807) is 0 Å². The van der Waals surface area contributed by atoms with Crippen LogP contribution in [0.1, 0.15) is 50.8 Å². The van der Waals surface area contributed by atoms with E-state index in [9.17, 15) is 13.2 Å². The lowest BCUT2D eigenvalue weighted by Gasteiger charge is -2.26. The number of hydrogen-bond donors (Lipinski definition) is 1. The molecule has 1 heterocycles. The van der Waals surface area contributed by atoms with Gasteiger partial charge in [-0.15, -0.1) is 0 Å². The van der Waals surface area contributed by atoms with Crippen molar-refractivity contribution in [3.8, 4) is 0 Å². The third kappa shape index (κ3) is 5.19. The Morgan fingerprint density at radius 2 is 1.67 bits per heavy atom. The molecule has 2 N–H and O–H groups in total. The van der Waals surface area contributed by atoms with Crippen LogP contribution in [-0.2, 0) is 12.7 Å².